The van der Waals surface area contributed by atoms with E-state index in [4.69, 9.17) is 5.11 Å². The molecule has 10 heavy (non-hydrogen) atoms. The zero-order valence-corrected chi connectivity index (χ0v) is 7.17. The molecular weight excluding hydrogens is 124 g/mol. The predicted molar refractivity (Wildman–Crippen MR) is 42.7 cm³/mol. The summed E-state index contributed by atoms with van der Waals surface area (Å²) in [7, 11) is 0. The number of hydrogen-bond acceptors (Lipinski definition) is 1. The minimum atomic E-state index is 0.0315. The maximum atomic E-state index is 9.14. The van der Waals surface area contributed by atoms with E-state index in [9.17, 15) is 0 Å². The first-order valence-corrected chi connectivity index (χ1v) is 4.34. The fourth-order valence-corrected chi connectivity index (χ4v) is 1.56. The largest absolute Gasteiger partial charge is 0.393 e. The van der Waals surface area contributed by atoms with E-state index in [0.717, 1.165) is 18.3 Å². The van der Waals surface area contributed by atoms with E-state index in [-0.39, 0.29) is 6.10 Å². The molecule has 1 aliphatic carbocycles. The molecule has 60 valence electrons. The van der Waals surface area contributed by atoms with Gasteiger partial charge in [-0.2, -0.15) is 0 Å². The maximum absolute atomic E-state index is 9.14. The van der Waals surface area contributed by atoms with Crippen LogP contribution < -0.4 is 0 Å². The lowest BCUT2D eigenvalue weighted by Crippen LogP contribution is -2.10. The van der Waals surface area contributed by atoms with Crippen LogP contribution in [0.1, 0.15) is 33.6 Å². The van der Waals surface area contributed by atoms with Crippen LogP contribution in [0.2, 0.25) is 0 Å². The molecule has 0 spiro atoms. The molecule has 4 atom stereocenters. The third-order valence-corrected chi connectivity index (χ3v) is 3.02. The Balaban J connectivity index is 2.27. The monoisotopic (exact) mass is 142 g/mol. The van der Waals surface area contributed by atoms with Crippen LogP contribution in [0, 0.1) is 17.8 Å². The molecule has 0 saturated heterocycles. The molecule has 0 aromatic heterocycles. The Hall–Kier alpha value is -0.0400. The van der Waals surface area contributed by atoms with Gasteiger partial charge in [0.05, 0.1) is 6.10 Å². The van der Waals surface area contributed by atoms with Gasteiger partial charge in [0.15, 0.2) is 0 Å². The van der Waals surface area contributed by atoms with Crippen molar-refractivity contribution in [3.05, 3.63) is 0 Å². The molecular formula is C9H18O. The third kappa shape index (κ3) is 1.51. The van der Waals surface area contributed by atoms with Crippen LogP contribution in [0.4, 0.5) is 0 Å². The normalized spacial score (nSPS) is 37.2. The summed E-state index contributed by atoms with van der Waals surface area (Å²) >= 11 is 0. The number of rotatable bonds is 3. The molecule has 1 aliphatic rings. The first-order chi connectivity index (χ1) is 4.66. The average Bonchev–Trinajstić information content (AvgIpc) is 2.63. The molecule has 1 fully saturated rings. The standard InChI is InChI=1S/C9H18O/c1-4-6(2)7(3)8-5-9(8)10/h6-10H,4-5H2,1-3H3. The highest BCUT2D eigenvalue weighted by Gasteiger charge is 2.40. The number of aliphatic hydroxyl groups excluding tert-OH is 1. The Kier molecular flexibility index (Phi) is 2.35. The van der Waals surface area contributed by atoms with E-state index in [2.05, 4.69) is 20.8 Å². The SMILES string of the molecule is CCC(C)C(C)C1CC1O. The van der Waals surface area contributed by atoms with Crippen LogP contribution >= 0.6 is 0 Å². The van der Waals surface area contributed by atoms with Gasteiger partial charge < -0.3 is 5.11 Å². The smallest absolute Gasteiger partial charge is 0.0575 e. The Morgan fingerprint density at radius 3 is 2.30 bits per heavy atom. The van der Waals surface area contributed by atoms with Gasteiger partial charge in [-0.3, -0.25) is 0 Å². The van der Waals surface area contributed by atoms with Crippen molar-refractivity contribution in [2.45, 2.75) is 39.7 Å². The summed E-state index contributed by atoms with van der Waals surface area (Å²) in [5, 5.41) is 9.14. The van der Waals surface area contributed by atoms with E-state index in [1.54, 1.807) is 0 Å². The van der Waals surface area contributed by atoms with Crippen molar-refractivity contribution in [2.24, 2.45) is 17.8 Å². The molecule has 0 aromatic rings. The average molecular weight is 142 g/mol. The number of aliphatic hydroxyl groups is 1. The summed E-state index contributed by atoms with van der Waals surface area (Å²) in [6, 6.07) is 0. The summed E-state index contributed by atoms with van der Waals surface area (Å²) in [6.45, 7) is 6.75. The van der Waals surface area contributed by atoms with Gasteiger partial charge >= 0.3 is 0 Å². The van der Waals surface area contributed by atoms with E-state index in [1.807, 2.05) is 0 Å². The molecule has 1 nitrogen and oxygen atoms in total. The van der Waals surface area contributed by atoms with Crippen LogP contribution in [0.3, 0.4) is 0 Å². The van der Waals surface area contributed by atoms with Crippen molar-refractivity contribution in [3.8, 4) is 0 Å². The van der Waals surface area contributed by atoms with E-state index < -0.39 is 0 Å². The first kappa shape index (κ1) is 8.06. The van der Waals surface area contributed by atoms with Gasteiger partial charge in [-0.15, -0.1) is 0 Å². The predicted octanol–water partition coefficient (Wildman–Crippen LogP) is 2.05. The summed E-state index contributed by atoms with van der Waals surface area (Å²) < 4.78 is 0. The van der Waals surface area contributed by atoms with Crippen molar-refractivity contribution < 1.29 is 5.11 Å². The van der Waals surface area contributed by atoms with Gasteiger partial charge in [0.2, 0.25) is 0 Å². The topological polar surface area (TPSA) is 20.2 Å². The highest BCUT2D eigenvalue weighted by atomic mass is 16.3. The van der Waals surface area contributed by atoms with Gasteiger partial charge in [-0.05, 0) is 24.2 Å². The van der Waals surface area contributed by atoms with E-state index in [0.29, 0.717) is 5.92 Å². The summed E-state index contributed by atoms with van der Waals surface area (Å²) in [6.07, 6.45) is 2.32. The quantitative estimate of drug-likeness (QED) is 0.639. The van der Waals surface area contributed by atoms with Crippen molar-refractivity contribution in [1.29, 1.82) is 0 Å². The van der Waals surface area contributed by atoms with Crippen molar-refractivity contribution in [3.63, 3.8) is 0 Å². The molecule has 0 heterocycles. The van der Waals surface area contributed by atoms with Crippen molar-refractivity contribution in [2.75, 3.05) is 0 Å². The molecule has 4 unspecified atom stereocenters. The molecule has 0 amide bonds. The summed E-state index contributed by atoms with van der Waals surface area (Å²) in [4.78, 5) is 0. The molecule has 1 rings (SSSR count). The fourth-order valence-electron chi connectivity index (χ4n) is 1.56. The zero-order valence-electron chi connectivity index (χ0n) is 7.17. The second kappa shape index (κ2) is 2.91. The van der Waals surface area contributed by atoms with E-state index in [1.165, 1.54) is 6.42 Å². The minimum absolute atomic E-state index is 0.0315. The van der Waals surface area contributed by atoms with E-state index >= 15 is 0 Å². The van der Waals surface area contributed by atoms with Gasteiger partial charge in [0.25, 0.3) is 0 Å². The molecule has 0 aliphatic heterocycles. The van der Waals surface area contributed by atoms with Crippen LogP contribution in [0.5, 0.6) is 0 Å². The Labute approximate surface area is 63.4 Å². The van der Waals surface area contributed by atoms with Gasteiger partial charge in [0, 0.05) is 0 Å². The lowest BCUT2D eigenvalue weighted by Gasteiger charge is -2.16. The van der Waals surface area contributed by atoms with Crippen LogP contribution in [-0.4, -0.2) is 11.2 Å². The lowest BCUT2D eigenvalue weighted by atomic mass is 9.89. The molecule has 0 aromatic carbocycles. The number of hydrogen-bond donors (Lipinski definition) is 1. The lowest BCUT2D eigenvalue weighted by molar-refractivity contribution is 0.219. The second-order valence-electron chi connectivity index (χ2n) is 3.71. The Bertz CT molecular complexity index is 107. The highest BCUT2D eigenvalue weighted by Crippen LogP contribution is 2.41. The maximum Gasteiger partial charge on any atom is 0.0575 e. The summed E-state index contributed by atoms with van der Waals surface area (Å²) in [5.41, 5.74) is 0. The molecule has 1 N–H and O–H groups in total. The van der Waals surface area contributed by atoms with Crippen LogP contribution in [0.15, 0.2) is 0 Å². The van der Waals surface area contributed by atoms with Gasteiger partial charge in [-0.1, -0.05) is 27.2 Å². The van der Waals surface area contributed by atoms with Crippen LogP contribution in [0.25, 0.3) is 0 Å². The first-order valence-electron chi connectivity index (χ1n) is 4.34. The third-order valence-electron chi connectivity index (χ3n) is 3.02. The minimum Gasteiger partial charge on any atom is -0.393 e. The molecule has 0 radical (unpaired) electrons. The van der Waals surface area contributed by atoms with Crippen molar-refractivity contribution >= 4 is 0 Å². The Morgan fingerprint density at radius 2 is 2.00 bits per heavy atom. The summed E-state index contributed by atoms with van der Waals surface area (Å²) in [5.74, 6) is 2.12. The van der Waals surface area contributed by atoms with Gasteiger partial charge in [0.1, 0.15) is 0 Å². The molecule has 0 bridgehead atoms. The van der Waals surface area contributed by atoms with Crippen LogP contribution in [-0.2, 0) is 0 Å². The molecule has 1 heteroatoms. The van der Waals surface area contributed by atoms with Crippen molar-refractivity contribution in [1.82, 2.24) is 0 Å². The second-order valence-corrected chi connectivity index (χ2v) is 3.71. The Morgan fingerprint density at radius 1 is 1.50 bits per heavy atom. The van der Waals surface area contributed by atoms with Gasteiger partial charge in [-0.25, -0.2) is 0 Å². The molecule has 1 saturated carbocycles. The fraction of sp³-hybridized carbons (Fsp3) is 1.00. The highest BCUT2D eigenvalue weighted by molar-refractivity contribution is 4.90. The zero-order chi connectivity index (χ0) is 7.72.